The monoisotopic (exact) mass is 318 g/mol. The van der Waals surface area contributed by atoms with Crippen molar-refractivity contribution >= 4 is 16.1 Å². The van der Waals surface area contributed by atoms with Crippen LogP contribution in [0.25, 0.3) is 0 Å². The first kappa shape index (κ1) is 14.9. The van der Waals surface area contributed by atoms with E-state index >= 15 is 0 Å². The van der Waals surface area contributed by atoms with Gasteiger partial charge in [-0.25, -0.2) is 12.8 Å². The molecule has 0 N–H and O–H groups in total. The fourth-order valence-electron chi connectivity index (χ4n) is 2.88. The third-order valence-corrected chi connectivity index (χ3v) is 6.36. The Morgan fingerprint density at radius 1 is 1.09 bits per heavy atom. The van der Waals surface area contributed by atoms with E-state index in [1.165, 1.54) is 18.2 Å². The smallest absolute Gasteiger partial charge is 0.182 e. The lowest BCUT2D eigenvalue weighted by Gasteiger charge is -2.05. The Balaban J connectivity index is 1.97. The van der Waals surface area contributed by atoms with E-state index in [-0.39, 0.29) is 4.90 Å². The van der Waals surface area contributed by atoms with Gasteiger partial charge in [-0.3, -0.25) is 0 Å². The largest absolute Gasteiger partial charge is 0.303 e. The number of carbonyl (C=O) groups excluding carboxylic acids is 1. The molecule has 1 aliphatic carbocycles. The van der Waals surface area contributed by atoms with Crippen molar-refractivity contribution in [2.45, 2.75) is 23.0 Å². The van der Waals surface area contributed by atoms with Gasteiger partial charge >= 0.3 is 0 Å². The molecule has 5 heteroatoms. The summed E-state index contributed by atoms with van der Waals surface area (Å²) in [5.41, 5.74) is 1.51. The maximum atomic E-state index is 13.3. The highest BCUT2D eigenvalue weighted by Gasteiger charge is 2.59. The minimum Gasteiger partial charge on any atom is -0.303 e. The quantitative estimate of drug-likeness (QED) is 0.815. The summed E-state index contributed by atoms with van der Waals surface area (Å²) in [5, 5.41) is -0.811. The Morgan fingerprint density at radius 2 is 1.77 bits per heavy atom. The second-order valence-electron chi connectivity index (χ2n) is 5.62. The second kappa shape index (κ2) is 5.32. The predicted octanol–water partition coefficient (Wildman–Crippen LogP) is 2.89. The van der Waals surface area contributed by atoms with E-state index < -0.39 is 32.7 Å². The fraction of sp³-hybridized carbons (Fsp3) is 0.235. The molecule has 114 valence electrons. The van der Waals surface area contributed by atoms with Gasteiger partial charge in [-0.2, -0.15) is 0 Å². The summed E-state index contributed by atoms with van der Waals surface area (Å²) in [7, 11) is -3.61. The molecule has 1 aliphatic rings. The molecular formula is C17H15FO3S. The van der Waals surface area contributed by atoms with Crippen molar-refractivity contribution in [2.75, 3.05) is 0 Å². The van der Waals surface area contributed by atoms with Gasteiger partial charge in [0.2, 0.25) is 0 Å². The van der Waals surface area contributed by atoms with E-state index in [1.807, 2.05) is 6.92 Å². The van der Waals surface area contributed by atoms with Crippen molar-refractivity contribution in [3.8, 4) is 0 Å². The van der Waals surface area contributed by atoms with Gasteiger partial charge in [0.05, 0.1) is 10.1 Å². The number of hydrogen-bond donors (Lipinski definition) is 0. The third-order valence-electron chi connectivity index (χ3n) is 4.11. The van der Waals surface area contributed by atoms with Crippen LogP contribution >= 0.6 is 0 Å². The zero-order chi connectivity index (χ0) is 15.9. The highest BCUT2D eigenvalue weighted by molar-refractivity contribution is 7.92. The van der Waals surface area contributed by atoms with Crippen LogP contribution in [0.5, 0.6) is 0 Å². The lowest BCUT2D eigenvalue weighted by atomic mass is 10.1. The number of aryl methyl sites for hydroxylation is 1. The zero-order valence-corrected chi connectivity index (χ0v) is 12.8. The van der Waals surface area contributed by atoms with Crippen LogP contribution in [-0.4, -0.2) is 20.0 Å². The van der Waals surface area contributed by atoms with Gasteiger partial charge in [-0.15, -0.1) is 0 Å². The van der Waals surface area contributed by atoms with Crippen LogP contribution in [-0.2, 0) is 14.6 Å². The maximum absolute atomic E-state index is 13.3. The van der Waals surface area contributed by atoms with E-state index in [1.54, 1.807) is 30.3 Å². The third kappa shape index (κ3) is 2.46. The Morgan fingerprint density at radius 3 is 2.36 bits per heavy atom. The average molecular weight is 318 g/mol. The van der Waals surface area contributed by atoms with Crippen LogP contribution in [0.2, 0.25) is 0 Å². The van der Waals surface area contributed by atoms with Crippen molar-refractivity contribution in [3.63, 3.8) is 0 Å². The van der Waals surface area contributed by atoms with Crippen LogP contribution in [0.15, 0.2) is 53.4 Å². The van der Waals surface area contributed by atoms with E-state index in [2.05, 4.69) is 0 Å². The summed E-state index contributed by atoms with van der Waals surface area (Å²) < 4.78 is 38.7. The zero-order valence-electron chi connectivity index (χ0n) is 11.9. The number of rotatable bonds is 4. The van der Waals surface area contributed by atoms with Gasteiger partial charge < -0.3 is 4.79 Å². The molecule has 0 spiro atoms. The summed E-state index contributed by atoms with van der Waals surface area (Å²) in [6.07, 6.45) is 0.659. The molecule has 0 heterocycles. The Bertz CT molecular complexity index is 812. The highest BCUT2D eigenvalue weighted by atomic mass is 32.2. The molecule has 1 fully saturated rings. The lowest BCUT2D eigenvalue weighted by Crippen LogP contribution is -2.11. The molecule has 1 saturated carbocycles. The number of aldehydes is 1. The molecule has 0 unspecified atom stereocenters. The molecule has 0 saturated heterocycles. The molecule has 3 rings (SSSR count). The lowest BCUT2D eigenvalue weighted by molar-refractivity contribution is -0.108. The maximum Gasteiger partial charge on any atom is 0.182 e. The van der Waals surface area contributed by atoms with E-state index in [9.17, 15) is 17.6 Å². The Kier molecular flexibility index (Phi) is 3.60. The first-order valence-electron chi connectivity index (χ1n) is 6.96. The molecule has 0 radical (unpaired) electrons. The molecule has 0 aromatic heterocycles. The molecule has 2 aromatic carbocycles. The minimum atomic E-state index is -3.61. The predicted molar refractivity (Wildman–Crippen MR) is 80.8 cm³/mol. The SMILES string of the molecule is Cc1ccc(S(=O)(=O)[C@H]2[C@@H](C=O)[C@@H]2c2cccc(F)c2)cc1. The van der Waals surface area contributed by atoms with Gasteiger partial charge in [0, 0.05) is 11.8 Å². The van der Waals surface area contributed by atoms with Crippen molar-refractivity contribution < 1.29 is 17.6 Å². The second-order valence-corrected chi connectivity index (χ2v) is 7.72. The Hall–Kier alpha value is -2.01. The van der Waals surface area contributed by atoms with E-state index in [0.717, 1.165) is 5.56 Å². The number of sulfone groups is 1. The van der Waals surface area contributed by atoms with E-state index in [0.29, 0.717) is 11.8 Å². The van der Waals surface area contributed by atoms with E-state index in [4.69, 9.17) is 0 Å². The van der Waals surface area contributed by atoms with Gasteiger partial charge in [-0.05, 0) is 36.8 Å². The van der Waals surface area contributed by atoms with Gasteiger partial charge in [0.1, 0.15) is 12.1 Å². The first-order chi connectivity index (χ1) is 10.4. The van der Waals surface area contributed by atoms with Crippen LogP contribution in [0.3, 0.4) is 0 Å². The summed E-state index contributed by atoms with van der Waals surface area (Å²) >= 11 is 0. The van der Waals surface area contributed by atoms with Crippen LogP contribution < -0.4 is 0 Å². The molecule has 3 atom stereocenters. The van der Waals surface area contributed by atoms with Crippen LogP contribution in [0.1, 0.15) is 17.0 Å². The van der Waals surface area contributed by atoms with Crippen molar-refractivity contribution in [1.82, 2.24) is 0 Å². The van der Waals surface area contributed by atoms with Crippen LogP contribution in [0.4, 0.5) is 4.39 Å². The van der Waals surface area contributed by atoms with Crippen LogP contribution in [0, 0.1) is 18.7 Å². The molecule has 0 amide bonds. The summed E-state index contributed by atoms with van der Waals surface area (Å²) in [5.74, 6) is -1.52. The number of benzene rings is 2. The average Bonchev–Trinajstić information content (AvgIpc) is 3.23. The molecule has 2 aromatic rings. The minimum absolute atomic E-state index is 0.203. The van der Waals surface area contributed by atoms with Gasteiger partial charge in [-0.1, -0.05) is 29.8 Å². The normalized spacial score (nSPS) is 24.0. The summed E-state index contributed by atoms with van der Waals surface area (Å²) in [6.45, 7) is 1.87. The first-order valence-corrected chi connectivity index (χ1v) is 8.51. The highest BCUT2D eigenvalue weighted by Crippen LogP contribution is 2.52. The number of hydrogen-bond acceptors (Lipinski definition) is 3. The van der Waals surface area contributed by atoms with Crippen molar-refractivity contribution in [2.24, 2.45) is 5.92 Å². The Labute approximate surface area is 128 Å². The molecule has 0 aliphatic heterocycles. The molecular weight excluding hydrogens is 303 g/mol. The van der Waals surface area contributed by atoms with Gasteiger partial charge in [0.15, 0.2) is 9.84 Å². The molecule has 3 nitrogen and oxygen atoms in total. The summed E-state index contributed by atoms with van der Waals surface area (Å²) in [6, 6.07) is 12.3. The topological polar surface area (TPSA) is 51.2 Å². The number of halogens is 1. The van der Waals surface area contributed by atoms with Crippen molar-refractivity contribution in [3.05, 3.63) is 65.5 Å². The summed E-state index contributed by atoms with van der Waals surface area (Å²) in [4.78, 5) is 11.4. The molecule has 0 bridgehead atoms. The molecule has 22 heavy (non-hydrogen) atoms. The standard InChI is InChI=1S/C17H15FO3S/c1-11-5-7-14(8-6-11)22(20,21)17-15(10-19)16(17)12-3-2-4-13(18)9-12/h2-10,15-17H,1H3/t15-,16-,17-/m0/s1. The van der Waals surface area contributed by atoms with Gasteiger partial charge in [0.25, 0.3) is 0 Å². The fourth-order valence-corrected chi connectivity index (χ4v) is 4.99. The van der Waals surface area contributed by atoms with Crippen molar-refractivity contribution in [1.29, 1.82) is 0 Å². The number of carbonyl (C=O) groups is 1.